The van der Waals surface area contributed by atoms with E-state index in [4.69, 9.17) is 0 Å². The highest BCUT2D eigenvalue weighted by Gasteiger charge is 2.09. The monoisotopic (exact) mass is 218 g/mol. The van der Waals surface area contributed by atoms with Gasteiger partial charge in [-0.3, -0.25) is 0 Å². The predicted molar refractivity (Wildman–Crippen MR) is 73.0 cm³/mol. The molecule has 16 heavy (non-hydrogen) atoms. The number of hydrogen-bond acceptors (Lipinski definition) is 0. The first-order valence-corrected chi connectivity index (χ1v) is 6.50. The summed E-state index contributed by atoms with van der Waals surface area (Å²) in [5, 5.41) is 0. The molecule has 0 unspecified atom stereocenters. The van der Waals surface area contributed by atoms with Crippen molar-refractivity contribution >= 4 is 0 Å². The van der Waals surface area contributed by atoms with E-state index in [9.17, 15) is 0 Å². The van der Waals surface area contributed by atoms with Crippen molar-refractivity contribution in [3.8, 4) is 0 Å². The molecular weight excluding hydrogens is 192 g/mol. The molecule has 0 saturated carbocycles. The van der Waals surface area contributed by atoms with Gasteiger partial charge in [0.05, 0.1) is 0 Å². The smallest absolute Gasteiger partial charge is 0.0278 e. The number of benzene rings is 1. The highest BCUT2D eigenvalue weighted by molar-refractivity contribution is 5.29. The molecule has 0 heteroatoms. The van der Waals surface area contributed by atoms with Gasteiger partial charge in [-0.2, -0.15) is 0 Å². The summed E-state index contributed by atoms with van der Waals surface area (Å²) in [4.78, 5) is 0. The second kappa shape index (κ2) is 5.52. The second-order valence-electron chi connectivity index (χ2n) is 6.09. The molecule has 0 aliphatic heterocycles. The van der Waals surface area contributed by atoms with Crippen LogP contribution < -0.4 is 0 Å². The molecule has 0 bridgehead atoms. The zero-order valence-electron chi connectivity index (χ0n) is 11.6. The Hall–Kier alpha value is -0.780. The lowest BCUT2D eigenvalue weighted by Crippen LogP contribution is -2.05. The highest BCUT2D eigenvalue weighted by Crippen LogP contribution is 2.22. The molecule has 90 valence electrons. The summed E-state index contributed by atoms with van der Waals surface area (Å²) in [6, 6.07) is 7.00. The molecule has 0 spiro atoms. The fourth-order valence-electron chi connectivity index (χ4n) is 2.12. The third-order valence-corrected chi connectivity index (χ3v) is 3.00. The normalized spacial score (nSPS) is 11.8. The van der Waals surface area contributed by atoms with Gasteiger partial charge in [-0.05, 0) is 49.1 Å². The molecule has 1 aromatic carbocycles. The largest absolute Gasteiger partial charge is 0.0613 e. The fraction of sp³-hybridized carbons (Fsp3) is 0.625. The van der Waals surface area contributed by atoms with Crippen molar-refractivity contribution in [2.24, 2.45) is 5.41 Å². The topological polar surface area (TPSA) is 0 Å². The van der Waals surface area contributed by atoms with Crippen molar-refractivity contribution in [2.75, 3.05) is 0 Å². The van der Waals surface area contributed by atoms with Crippen LogP contribution in [0.4, 0.5) is 0 Å². The van der Waals surface area contributed by atoms with Crippen molar-refractivity contribution in [1.29, 1.82) is 0 Å². The van der Waals surface area contributed by atoms with E-state index in [1.165, 1.54) is 36.0 Å². The Kier molecular flexibility index (Phi) is 4.58. The van der Waals surface area contributed by atoms with Crippen molar-refractivity contribution in [3.05, 3.63) is 34.9 Å². The lowest BCUT2D eigenvalue weighted by molar-refractivity contribution is 0.365. The molecule has 0 radical (unpaired) electrons. The zero-order valence-corrected chi connectivity index (χ0v) is 11.6. The van der Waals surface area contributed by atoms with Gasteiger partial charge in [-0.25, -0.2) is 0 Å². The Bertz CT molecular complexity index is 328. The van der Waals surface area contributed by atoms with Crippen molar-refractivity contribution in [2.45, 2.75) is 60.3 Å². The Morgan fingerprint density at radius 1 is 1.00 bits per heavy atom. The minimum absolute atomic E-state index is 0.470. The van der Waals surface area contributed by atoms with Gasteiger partial charge in [-0.1, -0.05) is 51.5 Å². The first kappa shape index (κ1) is 13.3. The molecule has 1 rings (SSSR count). The summed E-state index contributed by atoms with van der Waals surface area (Å²) in [7, 11) is 0. The third-order valence-electron chi connectivity index (χ3n) is 3.00. The molecule has 0 N–H and O–H groups in total. The predicted octanol–water partition coefficient (Wildman–Crippen LogP) is 4.93. The first-order chi connectivity index (χ1) is 7.40. The Morgan fingerprint density at radius 3 is 2.19 bits per heavy atom. The summed E-state index contributed by atoms with van der Waals surface area (Å²) in [6.07, 6.45) is 4.98. The van der Waals surface area contributed by atoms with E-state index in [0.29, 0.717) is 5.41 Å². The van der Waals surface area contributed by atoms with Crippen molar-refractivity contribution < 1.29 is 0 Å². The van der Waals surface area contributed by atoms with E-state index in [1.807, 2.05) is 0 Å². The summed E-state index contributed by atoms with van der Waals surface area (Å²) in [6.45, 7) is 11.4. The van der Waals surface area contributed by atoms with Crippen LogP contribution in [0.2, 0.25) is 0 Å². The first-order valence-electron chi connectivity index (χ1n) is 6.50. The van der Waals surface area contributed by atoms with E-state index >= 15 is 0 Å². The van der Waals surface area contributed by atoms with Crippen LogP contribution in [0.1, 0.15) is 57.2 Å². The van der Waals surface area contributed by atoms with E-state index in [0.717, 1.165) is 6.42 Å². The van der Waals surface area contributed by atoms with Crippen molar-refractivity contribution in [1.82, 2.24) is 0 Å². The Balaban J connectivity index is 2.57. The van der Waals surface area contributed by atoms with Gasteiger partial charge in [0.1, 0.15) is 0 Å². The average Bonchev–Trinajstić information content (AvgIpc) is 2.14. The van der Waals surface area contributed by atoms with Crippen LogP contribution in [0.15, 0.2) is 18.2 Å². The lowest BCUT2D eigenvalue weighted by Gasteiger charge is -2.17. The Labute approximate surface area is 101 Å². The third kappa shape index (κ3) is 4.83. The zero-order chi connectivity index (χ0) is 12.2. The summed E-state index contributed by atoms with van der Waals surface area (Å²) in [5.41, 5.74) is 4.87. The molecular formula is C16H26. The number of aryl methyl sites for hydroxylation is 3. The fourth-order valence-corrected chi connectivity index (χ4v) is 2.12. The van der Waals surface area contributed by atoms with Crippen LogP contribution in [-0.2, 0) is 12.8 Å². The van der Waals surface area contributed by atoms with Crippen LogP contribution in [0, 0.1) is 12.3 Å². The number of rotatable bonds is 4. The molecule has 0 nitrogen and oxygen atoms in total. The molecule has 0 saturated heterocycles. The molecule has 0 aliphatic rings. The Morgan fingerprint density at radius 2 is 1.62 bits per heavy atom. The number of hydrogen-bond donors (Lipinski definition) is 0. The quantitative estimate of drug-likeness (QED) is 0.672. The lowest BCUT2D eigenvalue weighted by atomic mass is 9.88. The van der Waals surface area contributed by atoms with Crippen molar-refractivity contribution in [3.63, 3.8) is 0 Å². The highest BCUT2D eigenvalue weighted by atomic mass is 14.1. The van der Waals surface area contributed by atoms with Gasteiger partial charge in [0.25, 0.3) is 0 Å². The summed E-state index contributed by atoms with van der Waals surface area (Å²) >= 11 is 0. The van der Waals surface area contributed by atoms with Gasteiger partial charge in [0.15, 0.2) is 0 Å². The van der Waals surface area contributed by atoms with Gasteiger partial charge in [0, 0.05) is 0 Å². The van der Waals surface area contributed by atoms with E-state index < -0.39 is 0 Å². The molecule has 0 aliphatic carbocycles. The van der Waals surface area contributed by atoms with Gasteiger partial charge in [0.2, 0.25) is 0 Å². The van der Waals surface area contributed by atoms with Crippen LogP contribution in [0.5, 0.6) is 0 Å². The minimum atomic E-state index is 0.470. The standard InChI is InChI=1S/C16H26/c1-6-14-10-13(2)11-15(12-14)8-7-9-16(3,4)5/h10-12H,6-9H2,1-5H3. The minimum Gasteiger partial charge on any atom is -0.0613 e. The maximum atomic E-state index is 2.37. The molecule has 0 heterocycles. The van der Waals surface area contributed by atoms with Crippen LogP contribution in [0.25, 0.3) is 0 Å². The maximum absolute atomic E-state index is 2.37. The molecule has 0 atom stereocenters. The van der Waals surface area contributed by atoms with Gasteiger partial charge in [-0.15, -0.1) is 0 Å². The molecule has 0 fully saturated rings. The molecule has 0 aromatic heterocycles. The van der Waals surface area contributed by atoms with E-state index in [-0.39, 0.29) is 0 Å². The van der Waals surface area contributed by atoms with Crippen LogP contribution >= 0.6 is 0 Å². The van der Waals surface area contributed by atoms with E-state index in [2.05, 4.69) is 52.8 Å². The molecule has 1 aromatic rings. The van der Waals surface area contributed by atoms with Gasteiger partial charge >= 0.3 is 0 Å². The van der Waals surface area contributed by atoms with Gasteiger partial charge < -0.3 is 0 Å². The average molecular weight is 218 g/mol. The van der Waals surface area contributed by atoms with E-state index in [1.54, 1.807) is 0 Å². The second-order valence-corrected chi connectivity index (χ2v) is 6.09. The SMILES string of the molecule is CCc1cc(C)cc(CCCC(C)(C)C)c1. The maximum Gasteiger partial charge on any atom is -0.0278 e. The van der Waals surface area contributed by atoms with Crippen LogP contribution in [0.3, 0.4) is 0 Å². The summed E-state index contributed by atoms with van der Waals surface area (Å²) < 4.78 is 0. The van der Waals surface area contributed by atoms with Crippen LogP contribution in [-0.4, -0.2) is 0 Å². The molecule has 0 amide bonds. The summed E-state index contributed by atoms with van der Waals surface area (Å²) in [5.74, 6) is 0.